The van der Waals surface area contributed by atoms with Crippen molar-refractivity contribution in [2.24, 2.45) is 4.99 Å². The maximum atomic E-state index is 12.7. The Labute approximate surface area is 173 Å². The number of benzene rings is 2. The van der Waals surface area contributed by atoms with E-state index in [1.54, 1.807) is 10.6 Å². The molecular weight excluding hydrogens is 376 g/mol. The SMILES string of the molecule is Cc1cc(=O)n2c(n1)NC(=NCCc1c[nH]c3ccccc13)N[C@H]2c1ccccc1. The lowest BCUT2D eigenvalue weighted by Crippen LogP contribution is -2.48. The number of aryl methyl sites for hydroxylation is 1. The number of fused-ring (bicyclic) bond motifs is 2. The summed E-state index contributed by atoms with van der Waals surface area (Å²) in [5.74, 6) is 1.11. The van der Waals surface area contributed by atoms with Gasteiger partial charge < -0.3 is 10.3 Å². The van der Waals surface area contributed by atoms with Crippen LogP contribution in [-0.2, 0) is 6.42 Å². The fourth-order valence-electron chi connectivity index (χ4n) is 3.86. The third kappa shape index (κ3) is 3.34. The van der Waals surface area contributed by atoms with Gasteiger partial charge in [-0.3, -0.25) is 19.7 Å². The molecule has 7 nitrogen and oxygen atoms in total. The summed E-state index contributed by atoms with van der Waals surface area (Å²) in [6.45, 7) is 2.42. The molecule has 0 unspecified atom stereocenters. The Kier molecular flexibility index (Phi) is 4.55. The molecule has 7 heteroatoms. The number of nitrogens with one attached hydrogen (secondary N) is 3. The number of nitrogens with zero attached hydrogens (tertiary/aromatic N) is 3. The van der Waals surface area contributed by atoms with E-state index in [-0.39, 0.29) is 11.7 Å². The predicted octanol–water partition coefficient (Wildman–Crippen LogP) is 3.19. The summed E-state index contributed by atoms with van der Waals surface area (Å²) in [7, 11) is 0. The van der Waals surface area contributed by atoms with Crippen LogP contribution in [0.2, 0.25) is 0 Å². The van der Waals surface area contributed by atoms with Crippen molar-refractivity contribution in [1.29, 1.82) is 0 Å². The molecule has 1 atom stereocenters. The first-order valence-electron chi connectivity index (χ1n) is 9.97. The van der Waals surface area contributed by atoms with Crippen LogP contribution in [0.25, 0.3) is 10.9 Å². The molecule has 0 radical (unpaired) electrons. The first kappa shape index (κ1) is 18.2. The molecule has 2 aromatic carbocycles. The fraction of sp³-hybridized carbons (Fsp3) is 0.174. The zero-order valence-electron chi connectivity index (χ0n) is 16.6. The molecule has 4 aromatic rings. The monoisotopic (exact) mass is 398 g/mol. The molecule has 1 aliphatic heterocycles. The number of aliphatic imine (C=N–C) groups is 1. The molecule has 5 rings (SSSR count). The third-order valence-electron chi connectivity index (χ3n) is 5.28. The number of anilines is 1. The Morgan fingerprint density at radius 1 is 1.10 bits per heavy atom. The molecule has 150 valence electrons. The molecule has 0 fully saturated rings. The number of hydrogen-bond acceptors (Lipinski definition) is 3. The minimum Gasteiger partial charge on any atom is -0.361 e. The molecule has 0 amide bonds. The number of rotatable bonds is 4. The zero-order chi connectivity index (χ0) is 20.5. The van der Waals surface area contributed by atoms with Crippen molar-refractivity contribution in [3.05, 3.63) is 94.0 Å². The van der Waals surface area contributed by atoms with Crippen LogP contribution in [-0.4, -0.2) is 27.0 Å². The smallest absolute Gasteiger partial charge is 0.257 e. The van der Waals surface area contributed by atoms with Crippen LogP contribution in [0.1, 0.15) is 23.0 Å². The average molecular weight is 398 g/mol. The summed E-state index contributed by atoms with van der Waals surface area (Å²) in [6, 6.07) is 19.7. The average Bonchev–Trinajstić information content (AvgIpc) is 3.17. The van der Waals surface area contributed by atoms with Gasteiger partial charge in [-0.25, -0.2) is 4.98 Å². The van der Waals surface area contributed by atoms with E-state index in [2.05, 4.69) is 32.7 Å². The van der Waals surface area contributed by atoms with Gasteiger partial charge in [0.1, 0.15) is 6.17 Å². The van der Waals surface area contributed by atoms with Gasteiger partial charge in [-0.05, 0) is 30.5 Å². The van der Waals surface area contributed by atoms with Gasteiger partial charge in [-0.15, -0.1) is 0 Å². The van der Waals surface area contributed by atoms with Crippen LogP contribution in [0, 0.1) is 6.92 Å². The number of aromatic amines is 1. The van der Waals surface area contributed by atoms with Gasteiger partial charge in [-0.1, -0.05) is 48.5 Å². The Bertz CT molecular complexity index is 1290. The van der Waals surface area contributed by atoms with E-state index in [9.17, 15) is 4.79 Å². The first-order valence-corrected chi connectivity index (χ1v) is 9.97. The van der Waals surface area contributed by atoms with Gasteiger partial charge >= 0.3 is 0 Å². The number of aromatic nitrogens is 3. The fourth-order valence-corrected chi connectivity index (χ4v) is 3.86. The topological polar surface area (TPSA) is 87.1 Å². The van der Waals surface area contributed by atoms with Crippen LogP contribution in [0.4, 0.5) is 5.95 Å². The van der Waals surface area contributed by atoms with E-state index in [0.29, 0.717) is 24.1 Å². The van der Waals surface area contributed by atoms with Crippen LogP contribution < -0.4 is 16.2 Å². The van der Waals surface area contributed by atoms with Crippen LogP contribution in [0.15, 0.2) is 76.6 Å². The van der Waals surface area contributed by atoms with E-state index >= 15 is 0 Å². The maximum Gasteiger partial charge on any atom is 0.257 e. The van der Waals surface area contributed by atoms with Crippen LogP contribution in [0.3, 0.4) is 0 Å². The minimum absolute atomic E-state index is 0.107. The molecule has 0 saturated carbocycles. The molecule has 3 N–H and O–H groups in total. The van der Waals surface area contributed by atoms with E-state index in [1.165, 1.54) is 10.9 Å². The lowest BCUT2D eigenvalue weighted by Gasteiger charge is -2.31. The van der Waals surface area contributed by atoms with E-state index in [4.69, 9.17) is 4.99 Å². The van der Waals surface area contributed by atoms with E-state index in [0.717, 1.165) is 17.5 Å². The Hall–Kier alpha value is -3.87. The van der Waals surface area contributed by atoms with Crippen molar-refractivity contribution in [3.8, 4) is 0 Å². The molecule has 0 aliphatic carbocycles. The highest BCUT2D eigenvalue weighted by atomic mass is 16.1. The van der Waals surface area contributed by atoms with Crippen molar-refractivity contribution in [3.63, 3.8) is 0 Å². The number of hydrogen-bond donors (Lipinski definition) is 3. The second-order valence-electron chi connectivity index (χ2n) is 7.35. The van der Waals surface area contributed by atoms with Gasteiger partial charge in [-0.2, -0.15) is 0 Å². The van der Waals surface area contributed by atoms with Crippen molar-refractivity contribution >= 4 is 22.8 Å². The lowest BCUT2D eigenvalue weighted by atomic mass is 10.1. The molecule has 3 heterocycles. The van der Waals surface area contributed by atoms with Gasteiger partial charge in [0.05, 0.1) is 0 Å². The summed E-state index contributed by atoms with van der Waals surface area (Å²) in [5, 5.41) is 7.76. The van der Waals surface area contributed by atoms with E-state index in [1.807, 2.05) is 55.6 Å². The Balaban J connectivity index is 1.44. The molecule has 2 aromatic heterocycles. The number of para-hydroxylation sites is 1. The van der Waals surface area contributed by atoms with Gasteiger partial charge in [0.25, 0.3) is 5.56 Å². The molecular formula is C23H22N6O. The molecule has 1 aliphatic rings. The van der Waals surface area contributed by atoms with Gasteiger partial charge in [0.2, 0.25) is 5.95 Å². The summed E-state index contributed by atoms with van der Waals surface area (Å²) < 4.78 is 1.63. The molecule has 0 saturated heterocycles. The van der Waals surface area contributed by atoms with E-state index < -0.39 is 0 Å². The summed E-state index contributed by atoms with van der Waals surface area (Å²) in [5.41, 5.74) is 3.90. The van der Waals surface area contributed by atoms with Crippen molar-refractivity contribution < 1.29 is 0 Å². The van der Waals surface area contributed by atoms with Gasteiger partial charge in [0.15, 0.2) is 5.96 Å². The Morgan fingerprint density at radius 3 is 2.77 bits per heavy atom. The number of guanidine groups is 1. The highest BCUT2D eigenvalue weighted by Gasteiger charge is 2.26. The van der Waals surface area contributed by atoms with Crippen LogP contribution in [0.5, 0.6) is 0 Å². The highest BCUT2D eigenvalue weighted by molar-refractivity contribution is 5.93. The van der Waals surface area contributed by atoms with Crippen molar-refractivity contribution in [2.75, 3.05) is 11.9 Å². The van der Waals surface area contributed by atoms with Crippen molar-refractivity contribution in [2.45, 2.75) is 19.5 Å². The third-order valence-corrected chi connectivity index (χ3v) is 5.28. The first-order chi connectivity index (χ1) is 14.7. The number of H-pyrrole nitrogens is 1. The molecule has 0 spiro atoms. The highest BCUT2D eigenvalue weighted by Crippen LogP contribution is 2.22. The second kappa shape index (κ2) is 7.51. The largest absolute Gasteiger partial charge is 0.361 e. The predicted molar refractivity (Wildman–Crippen MR) is 119 cm³/mol. The summed E-state index contributed by atoms with van der Waals surface area (Å²) in [4.78, 5) is 25.2. The quantitative estimate of drug-likeness (QED) is 0.493. The summed E-state index contributed by atoms with van der Waals surface area (Å²) in [6.07, 6.45) is 2.48. The maximum absolute atomic E-state index is 12.7. The summed E-state index contributed by atoms with van der Waals surface area (Å²) >= 11 is 0. The standard InChI is InChI=1S/C23H22N6O/c1-15-13-20(30)29-21(16-7-3-2-4-8-16)27-22(28-23(29)26-15)24-12-11-17-14-25-19-10-6-5-9-18(17)19/h2-10,13-14,21,25H,11-12H2,1H3,(H2,24,26,27,28)/t21-/m1/s1. The molecule has 0 bridgehead atoms. The molecule has 30 heavy (non-hydrogen) atoms. The van der Waals surface area contributed by atoms with Gasteiger partial charge in [0, 0.05) is 35.4 Å². The normalized spacial score (nSPS) is 16.8. The zero-order valence-corrected chi connectivity index (χ0v) is 16.6. The van der Waals surface area contributed by atoms with Crippen molar-refractivity contribution in [1.82, 2.24) is 19.9 Å². The second-order valence-corrected chi connectivity index (χ2v) is 7.35. The minimum atomic E-state index is -0.366. The van der Waals surface area contributed by atoms with Crippen LogP contribution >= 0.6 is 0 Å². The Morgan fingerprint density at radius 2 is 1.90 bits per heavy atom. The lowest BCUT2D eigenvalue weighted by molar-refractivity contribution is 0.515.